The zero-order valence-corrected chi connectivity index (χ0v) is 14.1. The summed E-state index contributed by atoms with van der Waals surface area (Å²) in [6.45, 7) is 0.875. The van der Waals surface area contributed by atoms with E-state index in [-0.39, 0.29) is 11.9 Å². The minimum atomic E-state index is -0.374. The van der Waals surface area contributed by atoms with Crippen LogP contribution in [0.3, 0.4) is 0 Å². The quantitative estimate of drug-likeness (QED) is 0.510. The molecule has 0 N–H and O–H groups in total. The molecule has 1 aliphatic rings. The van der Waals surface area contributed by atoms with Crippen LogP contribution in [0.5, 0.6) is 0 Å². The van der Waals surface area contributed by atoms with Gasteiger partial charge in [-0.1, -0.05) is 60.7 Å². The van der Waals surface area contributed by atoms with Crippen molar-refractivity contribution in [3.05, 3.63) is 83.9 Å². The molecule has 1 fully saturated rings. The highest BCUT2D eigenvalue weighted by atomic mass is 16.6. The van der Waals surface area contributed by atoms with E-state index in [0.717, 1.165) is 16.3 Å². The molecule has 0 atom stereocenters. The van der Waals surface area contributed by atoms with Gasteiger partial charge in [0.2, 0.25) is 0 Å². The fourth-order valence-electron chi connectivity index (χ4n) is 3.11. The lowest BCUT2D eigenvalue weighted by Gasteiger charge is -2.13. The van der Waals surface area contributed by atoms with Gasteiger partial charge < -0.3 is 4.74 Å². The number of allylic oxidation sites excluding steroid dienone is 1. The van der Waals surface area contributed by atoms with Gasteiger partial charge in [-0.2, -0.15) is 0 Å². The standard InChI is InChI=1S/C22H17NO3/c24-21(12-11-17-7-3-6-16-5-1-2-10-20(16)17)18-8-4-9-19(15-18)23-13-14-26-22(23)25/h1-12,15H,13-14H2/b12-11+. The lowest BCUT2D eigenvalue weighted by Crippen LogP contribution is -2.23. The van der Waals surface area contributed by atoms with Gasteiger partial charge >= 0.3 is 6.09 Å². The number of anilines is 1. The molecular weight excluding hydrogens is 326 g/mol. The third-order valence-electron chi connectivity index (χ3n) is 4.44. The highest BCUT2D eigenvalue weighted by Crippen LogP contribution is 2.22. The number of benzene rings is 3. The summed E-state index contributed by atoms with van der Waals surface area (Å²) < 4.78 is 4.95. The Morgan fingerprint density at radius 1 is 1.00 bits per heavy atom. The average molecular weight is 343 g/mol. The van der Waals surface area contributed by atoms with E-state index in [9.17, 15) is 9.59 Å². The Morgan fingerprint density at radius 3 is 2.65 bits per heavy atom. The van der Waals surface area contributed by atoms with Crippen LogP contribution in [0.1, 0.15) is 15.9 Å². The van der Waals surface area contributed by atoms with Crippen molar-refractivity contribution < 1.29 is 14.3 Å². The van der Waals surface area contributed by atoms with Crippen LogP contribution in [0.25, 0.3) is 16.8 Å². The van der Waals surface area contributed by atoms with Crippen LogP contribution in [-0.2, 0) is 4.74 Å². The van der Waals surface area contributed by atoms with Crippen LogP contribution in [0.15, 0.2) is 72.8 Å². The maximum absolute atomic E-state index is 12.6. The van der Waals surface area contributed by atoms with Crippen LogP contribution in [0.4, 0.5) is 10.5 Å². The third kappa shape index (κ3) is 3.09. The van der Waals surface area contributed by atoms with E-state index in [2.05, 4.69) is 0 Å². The molecule has 1 aliphatic heterocycles. The number of fused-ring (bicyclic) bond motifs is 1. The number of cyclic esters (lactones) is 1. The minimum absolute atomic E-state index is 0.104. The van der Waals surface area contributed by atoms with Crippen molar-refractivity contribution >= 4 is 34.4 Å². The number of ketones is 1. The van der Waals surface area contributed by atoms with Crippen molar-refractivity contribution in [3.63, 3.8) is 0 Å². The van der Waals surface area contributed by atoms with E-state index in [4.69, 9.17) is 4.74 Å². The molecule has 1 amide bonds. The fourth-order valence-corrected chi connectivity index (χ4v) is 3.11. The normalized spacial score (nSPS) is 14.2. The maximum Gasteiger partial charge on any atom is 0.414 e. The number of hydrogen-bond acceptors (Lipinski definition) is 3. The van der Waals surface area contributed by atoms with E-state index < -0.39 is 0 Å². The van der Waals surface area contributed by atoms with Gasteiger partial charge in [-0.05, 0) is 34.5 Å². The topological polar surface area (TPSA) is 46.6 Å². The summed E-state index contributed by atoms with van der Waals surface area (Å²) >= 11 is 0. The molecule has 0 spiro atoms. The first-order chi connectivity index (χ1) is 12.7. The summed E-state index contributed by atoms with van der Waals surface area (Å²) in [4.78, 5) is 25.8. The molecule has 0 aliphatic carbocycles. The number of amides is 1. The van der Waals surface area contributed by atoms with Crippen LogP contribution in [0, 0.1) is 0 Å². The van der Waals surface area contributed by atoms with Gasteiger partial charge in [0.1, 0.15) is 6.61 Å². The van der Waals surface area contributed by atoms with Crippen LogP contribution < -0.4 is 4.90 Å². The molecule has 128 valence electrons. The van der Waals surface area contributed by atoms with E-state index in [0.29, 0.717) is 24.4 Å². The van der Waals surface area contributed by atoms with Crippen LogP contribution >= 0.6 is 0 Å². The predicted molar refractivity (Wildman–Crippen MR) is 102 cm³/mol. The smallest absolute Gasteiger partial charge is 0.414 e. The molecule has 0 unspecified atom stereocenters. The average Bonchev–Trinajstić information content (AvgIpc) is 3.12. The van der Waals surface area contributed by atoms with Gasteiger partial charge in [-0.3, -0.25) is 9.69 Å². The number of carbonyl (C=O) groups excluding carboxylic acids is 2. The van der Waals surface area contributed by atoms with Crippen molar-refractivity contribution in [1.82, 2.24) is 0 Å². The first-order valence-corrected chi connectivity index (χ1v) is 8.47. The minimum Gasteiger partial charge on any atom is -0.447 e. The van der Waals surface area contributed by atoms with Crippen molar-refractivity contribution in [2.45, 2.75) is 0 Å². The van der Waals surface area contributed by atoms with Crippen molar-refractivity contribution in [1.29, 1.82) is 0 Å². The first kappa shape index (κ1) is 16.1. The summed E-state index contributed by atoms with van der Waals surface area (Å²) in [6.07, 6.45) is 3.03. The maximum atomic E-state index is 12.6. The molecule has 4 rings (SSSR count). The van der Waals surface area contributed by atoms with Crippen molar-refractivity contribution in [3.8, 4) is 0 Å². The largest absolute Gasteiger partial charge is 0.447 e. The molecule has 0 radical (unpaired) electrons. The summed E-state index contributed by atoms with van der Waals surface area (Å²) in [7, 11) is 0. The lowest BCUT2D eigenvalue weighted by atomic mass is 10.0. The van der Waals surface area contributed by atoms with E-state index in [1.807, 2.05) is 48.5 Å². The fraction of sp³-hybridized carbons (Fsp3) is 0.0909. The molecule has 4 heteroatoms. The zero-order chi connectivity index (χ0) is 17.9. The van der Waals surface area contributed by atoms with Crippen LogP contribution in [-0.4, -0.2) is 25.0 Å². The number of ether oxygens (including phenoxy) is 1. The van der Waals surface area contributed by atoms with Crippen LogP contribution in [0.2, 0.25) is 0 Å². The molecule has 3 aromatic rings. The van der Waals surface area contributed by atoms with Gasteiger partial charge in [0, 0.05) is 11.3 Å². The molecular formula is C22H17NO3. The second-order valence-electron chi connectivity index (χ2n) is 6.08. The number of hydrogen-bond donors (Lipinski definition) is 0. The second kappa shape index (κ2) is 6.84. The number of rotatable bonds is 4. The summed E-state index contributed by atoms with van der Waals surface area (Å²) in [5, 5.41) is 2.24. The molecule has 3 aromatic carbocycles. The Balaban J connectivity index is 1.60. The number of nitrogens with zero attached hydrogens (tertiary/aromatic N) is 1. The van der Waals surface area contributed by atoms with Crippen molar-refractivity contribution in [2.75, 3.05) is 18.1 Å². The first-order valence-electron chi connectivity index (χ1n) is 8.47. The Morgan fingerprint density at radius 2 is 1.81 bits per heavy atom. The molecule has 0 aromatic heterocycles. The highest BCUT2D eigenvalue weighted by molar-refractivity contribution is 6.08. The predicted octanol–water partition coefficient (Wildman–Crippen LogP) is 4.69. The van der Waals surface area contributed by atoms with E-state index >= 15 is 0 Å². The molecule has 1 heterocycles. The summed E-state index contributed by atoms with van der Waals surface area (Å²) in [5.41, 5.74) is 2.21. The Kier molecular flexibility index (Phi) is 4.23. The molecule has 0 bridgehead atoms. The van der Waals surface area contributed by atoms with Gasteiger partial charge in [-0.25, -0.2) is 4.79 Å². The molecule has 4 nitrogen and oxygen atoms in total. The molecule has 26 heavy (non-hydrogen) atoms. The summed E-state index contributed by atoms with van der Waals surface area (Å²) in [5.74, 6) is -0.104. The van der Waals surface area contributed by atoms with Crippen molar-refractivity contribution in [2.24, 2.45) is 0 Å². The Hall–Kier alpha value is -3.40. The van der Waals surface area contributed by atoms with Gasteiger partial charge in [0.05, 0.1) is 6.54 Å². The molecule has 1 saturated heterocycles. The number of carbonyl (C=O) groups is 2. The van der Waals surface area contributed by atoms with Gasteiger partial charge in [0.15, 0.2) is 5.78 Å². The SMILES string of the molecule is O=C(/C=C/c1cccc2ccccc12)c1cccc(N2CCOC2=O)c1. The van der Waals surface area contributed by atoms with Gasteiger partial charge in [0.25, 0.3) is 0 Å². The lowest BCUT2D eigenvalue weighted by molar-refractivity contribution is 0.104. The van der Waals surface area contributed by atoms with E-state index in [1.54, 1.807) is 30.3 Å². The summed E-state index contributed by atoms with van der Waals surface area (Å²) in [6, 6.07) is 21.1. The monoisotopic (exact) mass is 343 g/mol. The zero-order valence-electron chi connectivity index (χ0n) is 14.1. The van der Waals surface area contributed by atoms with E-state index in [1.165, 1.54) is 4.90 Å². The second-order valence-corrected chi connectivity index (χ2v) is 6.08. The Labute approximate surface area is 151 Å². The molecule has 0 saturated carbocycles. The third-order valence-corrected chi connectivity index (χ3v) is 4.44. The Bertz CT molecular complexity index is 1020. The highest BCUT2D eigenvalue weighted by Gasteiger charge is 2.23. The van der Waals surface area contributed by atoms with Gasteiger partial charge in [-0.15, -0.1) is 0 Å².